The van der Waals surface area contributed by atoms with Gasteiger partial charge in [-0.15, -0.1) is 0 Å². The quantitative estimate of drug-likeness (QED) is 0.134. The second-order valence-corrected chi connectivity index (χ2v) is 11.5. The second kappa shape index (κ2) is 13.5. The Morgan fingerprint density at radius 3 is 1.59 bits per heavy atom. The Bertz CT molecular complexity index is 2730. The van der Waals surface area contributed by atoms with E-state index in [1.807, 2.05) is 12.1 Å². The molecule has 3 aromatic carbocycles. The van der Waals surface area contributed by atoms with Crippen LogP contribution in [-0.2, 0) is 0 Å². The fourth-order valence-electron chi connectivity index (χ4n) is 6.53. The second-order valence-electron chi connectivity index (χ2n) is 11.5. The van der Waals surface area contributed by atoms with Crippen LogP contribution in [0.4, 0.5) is 11.4 Å². The molecular formula is C42H14N12. The molecule has 0 aliphatic heterocycles. The number of allylic oxidation sites excluding steroid dienone is 6. The van der Waals surface area contributed by atoms with E-state index in [1.54, 1.807) is 24.3 Å². The Kier molecular flexibility index (Phi) is 8.33. The summed E-state index contributed by atoms with van der Waals surface area (Å²) in [5.74, 6) is 0.271. The number of nitrogens with zero attached hydrogens (tertiary/aromatic N) is 12. The molecule has 0 atom stereocenters. The van der Waals surface area contributed by atoms with Crippen molar-refractivity contribution in [3.63, 3.8) is 0 Å². The summed E-state index contributed by atoms with van der Waals surface area (Å²) in [6.45, 7) is 32.0. The van der Waals surface area contributed by atoms with Crippen LogP contribution in [0.25, 0.3) is 64.2 Å². The average Bonchev–Trinajstić information content (AvgIpc) is 3.72. The maximum Gasteiger partial charge on any atom is 0.206 e. The molecule has 0 fully saturated rings. The van der Waals surface area contributed by atoms with Gasteiger partial charge in [0.2, 0.25) is 11.4 Å². The number of benzene rings is 3. The van der Waals surface area contributed by atoms with Crippen molar-refractivity contribution in [2.75, 3.05) is 0 Å². The summed E-state index contributed by atoms with van der Waals surface area (Å²) in [4.78, 5) is 32.5. The molecule has 0 N–H and O–H groups in total. The highest BCUT2D eigenvalue weighted by Gasteiger charge is 2.38. The molecule has 0 bridgehead atoms. The smallest absolute Gasteiger partial charge is 0.206 e. The zero-order valence-corrected chi connectivity index (χ0v) is 27.4. The summed E-state index contributed by atoms with van der Waals surface area (Å²) in [5, 5.41) is 41.1. The van der Waals surface area contributed by atoms with Gasteiger partial charge in [0.25, 0.3) is 0 Å². The number of hydrogen-bond acceptors (Lipinski definition) is 8. The van der Waals surface area contributed by atoms with E-state index in [2.05, 4.69) is 51.5 Å². The number of rotatable bonds is 4. The minimum atomic E-state index is 0.00608. The van der Waals surface area contributed by atoms with Crippen LogP contribution in [0.15, 0.2) is 85.5 Å². The molecule has 2 aromatic heterocycles. The summed E-state index contributed by atoms with van der Waals surface area (Å²) in [5.41, 5.74) is 3.68. The molecule has 0 saturated carbocycles. The Balaban J connectivity index is 1.66. The zero-order chi connectivity index (χ0) is 37.9. The van der Waals surface area contributed by atoms with E-state index in [9.17, 15) is 21.0 Å². The highest BCUT2D eigenvalue weighted by Crippen LogP contribution is 2.55. The lowest BCUT2D eigenvalue weighted by Gasteiger charge is -2.14. The summed E-state index contributed by atoms with van der Waals surface area (Å²) in [6.07, 6.45) is 5.98. The first-order valence-electron chi connectivity index (χ1n) is 15.6. The van der Waals surface area contributed by atoms with Crippen LogP contribution in [-0.4, -0.2) is 19.9 Å². The third kappa shape index (κ3) is 5.27. The van der Waals surface area contributed by atoms with Gasteiger partial charge in [0.05, 0.1) is 60.7 Å². The maximum absolute atomic E-state index is 10.8. The first-order valence-corrected chi connectivity index (χ1v) is 15.6. The highest BCUT2D eigenvalue weighted by molar-refractivity contribution is 6.32. The van der Waals surface area contributed by atoms with E-state index in [4.69, 9.17) is 26.3 Å². The van der Waals surface area contributed by atoms with Crippen LogP contribution >= 0.6 is 0 Å². The van der Waals surface area contributed by atoms with E-state index < -0.39 is 0 Å². The third-order valence-electron chi connectivity index (χ3n) is 8.63. The van der Waals surface area contributed by atoms with Crippen LogP contribution < -0.4 is 0 Å². The van der Waals surface area contributed by atoms with Gasteiger partial charge in [0, 0.05) is 47.1 Å². The molecule has 0 radical (unpaired) electrons. The Labute approximate surface area is 308 Å². The summed E-state index contributed by atoms with van der Waals surface area (Å²) in [6, 6.07) is 23.8. The molecule has 2 aliphatic carbocycles. The van der Waals surface area contributed by atoms with Crippen LogP contribution in [0.2, 0.25) is 0 Å². The van der Waals surface area contributed by atoms with Gasteiger partial charge < -0.3 is 0 Å². The average molecular weight is 687 g/mol. The van der Waals surface area contributed by atoms with Crippen molar-refractivity contribution in [3.8, 4) is 24.3 Å². The number of fused-ring (bicyclic) bond motifs is 2. The lowest BCUT2D eigenvalue weighted by atomic mass is 9.89. The highest BCUT2D eigenvalue weighted by atomic mass is 14.9. The van der Waals surface area contributed by atoms with Crippen LogP contribution in [0.5, 0.6) is 0 Å². The van der Waals surface area contributed by atoms with E-state index in [0.29, 0.717) is 22.3 Å². The Hall–Kier alpha value is -9.30. The third-order valence-corrected chi connectivity index (χ3v) is 8.63. The molecule has 7 rings (SSSR count). The van der Waals surface area contributed by atoms with Crippen molar-refractivity contribution in [1.29, 1.82) is 21.0 Å². The molecule has 54 heavy (non-hydrogen) atoms. The zero-order valence-electron chi connectivity index (χ0n) is 27.4. The predicted molar refractivity (Wildman–Crippen MR) is 197 cm³/mol. The fraction of sp³-hybridized carbons (Fsp3) is 0. The molecule has 242 valence electrons. The van der Waals surface area contributed by atoms with Gasteiger partial charge in [0.1, 0.15) is 18.0 Å². The molecule has 0 spiro atoms. The van der Waals surface area contributed by atoms with E-state index >= 15 is 0 Å². The fourth-order valence-corrected chi connectivity index (χ4v) is 6.53. The molecule has 2 heterocycles. The molecule has 12 heteroatoms. The van der Waals surface area contributed by atoms with Crippen LogP contribution in [0.1, 0.15) is 56.2 Å². The van der Waals surface area contributed by atoms with Crippen molar-refractivity contribution >= 4 is 56.2 Å². The minimum absolute atomic E-state index is 0.00608. The van der Waals surface area contributed by atoms with Gasteiger partial charge >= 0.3 is 0 Å². The van der Waals surface area contributed by atoms with Crippen molar-refractivity contribution in [2.24, 2.45) is 0 Å². The summed E-state index contributed by atoms with van der Waals surface area (Å²) in [7, 11) is 0. The monoisotopic (exact) mass is 686 g/mol. The molecule has 12 nitrogen and oxygen atoms in total. The normalized spacial score (nSPS) is 14.1. The standard InChI is InChI=1S/C42H14N12/c1-47-27-14-25(15-28(16-27)48-2)33(21-45)35-31-17-29-30(18-32(31)40(50-4)38(35)42-53-9-6-10-54-42)36(37(34(29)22-46)41-51-7-5-8-52-41)39(49-3)26-12-23(19-43)11-24(13-26)20-44/h5-18H/b35-33-,39-36+. The van der Waals surface area contributed by atoms with E-state index in [1.165, 1.54) is 61.2 Å². The van der Waals surface area contributed by atoms with E-state index in [-0.39, 0.29) is 90.1 Å². The van der Waals surface area contributed by atoms with Crippen molar-refractivity contribution < 1.29 is 0 Å². The first-order chi connectivity index (χ1) is 26.4. The Morgan fingerprint density at radius 2 is 1.09 bits per heavy atom. The van der Waals surface area contributed by atoms with Crippen molar-refractivity contribution in [2.45, 2.75) is 0 Å². The summed E-state index contributed by atoms with van der Waals surface area (Å²) < 4.78 is 0. The van der Waals surface area contributed by atoms with Crippen LogP contribution in [0.3, 0.4) is 0 Å². The molecule has 2 aliphatic rings. The van der Waals surface area contributed by atoms with Gasteiger partial charge in [-0.3, -0.25) is 0 Å². The molecule has 0 amide bonds. The number of hydrogen-bond donors (Lipinski definition) is 0. The van der Waals surface area contributed by atoms with Crippen molar-refractivity contribution in [1.82, 2.24) is 19.9 Å². The topological polar surface area (TPSA) is 164 Å². The largest absolute Gasteiger partial charge is 0.239 e. The SMILES string of the molecule is [C-]#[N+]C1=C(c2ncccn2)/C(=C(/C#N)c2cc([N+]#[C-])cc([N+]#[C-])c2)c2cc3c(cc21)/C(=C(\[N+]#[C-])c1cc(C#N)cc(C#N)c1)C(c1ncccn1)=C3C#N. The Morgan fingerprint density at radius 1 is 0.537 bits per heavy atom. The lowest BCUT2D eigenvalue weighted by molar-refractivity contribution is 1.13. The van der Waals surface area contributed by atoms with Crippen LogP contribution in [0, 0.1) is 71.6 Å². The molecular weight excluding hydrogens is 673 g/mol. The lowest BCUT2D eigenvalue weighted by Crippen LogP contribution is -1.98. The van der Waals surface area contributed by atoms with E-state index in [0.717, 1.165) is 0 Å². The van der Waals surface area contributed by atoms with Gasteiger partial charge in [-0.25, -0.2) is 39.3 Å². The van der Waals surface area contributed by atoms with Gasteiger partial charge in [-0.1, -0.05) is 24.3 Å². The predicted octanol–water partition coefficient (Wildman–Crippen LogP) is 8.58. The molecule has 5 aromatic rings. The summed E-state index contributed by atoms with van der Waals surface area (Å²) >= 11 is 0. The molecule has 0 saturated heterocycles. The van der Waals surface area contributed by atoms with Gasteiger partial charge in [-0.05, 0) is 69.8 Å². The number of aromatic nitrogens is 4. The minimum Gasteiger partial charge on any atom is -0.239 e. The van der Waals surface area contributed by atoms with Crippen molar-refractivity contribution in [3.05, 3.63) is 187 Å². The molecule has 0 unspecified atom stereocenters. The van der Waals surface area contributed by atoms with Gasteiger partial charge in [-0.2, -0.15) is 21.0 Å². The maximum atomic E-state index is 10.8. The van der Waals surface area contributed by atoms with Gasteiger partial charge in [0.15, 0.2) is 17.2 Å². The number of nitriles is 4. The first kappa shape index (κ1) is 33.2.